The number of rotatable bonds is 4. The Hall–Kier alpha value is -1.51. The van der Waals surface area contributed by atoms with Crippen molar-refractivity contribution in [2.24, 2.45) is 5.92 Å². The van der Waals surface area contributed by atoms with Gasteiger partial charge in [0.05, 0.1) is 0 Å². The highest BCUT2D eigenvalue weighted by Gasteiger charge is 2.10. The van der Waals surface area contributed by atoms with Crippen molar-refractivity contribution in [2.75, 3.05) is 0 Å². The zero-order valence-corrected chi connectivity index (χ0v) is 11.1. The first-order valence-corrected chi connectivity index (χ1v) is 6.09. The molecule has 0 radical (unpaired) electrons. The Bertz CT molecular complexity index is 374. The Morgan fingerprint density at radius 1 is 1.24 bits per heavy atom. The second kappa shape index (κ2) is 6.28. The summed E-state index contributed by atoms with van der Waals surface area (Å²) in [5.41, 5.74) is 2.35. The van der Waals surface area contributed by atoms with Crippen LogP contribution >= 0.6 is 0 Å². The van der Waals surface area contributed by atoms with E-state index in [2.05, 4.69) is 24.5 Å². The molecule has 1 aromatic carbocycles. The van der Waals surface area contributed by atoms with Crippen molar-refractivity contribution in [3.8, 4) is 0 Å². The number of carbonyl (C=O) groups excluding carboxylic acids is 1. The molecule has 1 atom stereocenters. The fourth-order valence-corrected chi connectivity index (χ4v) is 1.41. The molecule has 0 bridgehead atoms. The number of hydrogen-bond acceptors (Lipinski definition) is 1. The van der Waals surface area contributed by atoms with E-state index in [0.29, 0.717) is 12.5 Å². The molecule has 94 valence electrons. The molecule has 0 heterocycles. The normalized spacial score (nSPS) is 12.3. The van der Waals surface area contributed by atoms with Crippen LogP contribution in [0.1, 0.15) is 31.9 Å². The molecule has 1 unspecified atom stereocenters. The molecule has 0 aliphatic rings. The van der Waals surface area contributed by atoms with Crippen LogP contribution in [0.3, 0.4) is 0 Å². The predicted octanol–water partition coefficient (Wildman–Crippen LogP) is 2.84. The summed E-state index contributed by atoms with van der Waals surface area (Å²) in [5, 5.41) is 5.79. The third kappa shape index (κ3) is 4.47. The van der Waals surface area contributed by atoms with Crippen molar-refractivity contribution in [3.63, 3.8) is 0 Å². The standard InChI is InChI=1S/C14H22N2O/c1-10(2)12(4)16-14(17)15-9-13-8-6-5-7-11(13)3/h5-8,10,12H,9H2,1-4H3,(H2,15,16,17). The number of urea groups is 1. The molecule has 0 aliphatic heterocycles. The fourth-order valence-electron chi connectivity index (χ4n) is 1.41. The lowest BCUT2D eigenvalue weighted by Crippen LogP contribution is -2.42. The van der Waals surface area contributed by atoms with Crippen molar-refractivity contribution in [2.45, 2.75) is 40.3 Å². The monoisotopic (exact) mass is 234 g/mol. The van der Waals surface area contributed by atoms with Gasteiger partial charge in [0.15, 0.2) is 0 Å². The van der Waals surface area contributed by atoms with E-state index in [1.165, 1.54) is 5.56 Å². The van der Waals surface area contributed by atoms with Crippen molar-refractivity contribution in [1.82, 2.24) is 10.6 Å². The average molecular weight is 234 g/mol. The highest BCUT2D eigenvalue weighted by atomic mass is 16.2. The minimum Gasteiger partial charge on any atom is -0.335 e. The van der Waals surface area contributed by atoms with Crippen LogP contribution in [0.25, 0.3) is 0 Å². The molecule has 3 nitrogen and oxygen atoms in total. The Labute approximate surface area is 104 Å². The van der Waals surface area contributed by atoms with Crippen molar-refractivity contribution < 1.29 is 4.79 Å². The molecule has 1 aromatic rings. The van der Waals surface area contributed by atoms with Crippen LogP contribution in [0.15, 0.2) is 24.3 Å². The minimum absolute atomic E-state index is 0.102. The molecular weight excluding hydrogens is 212 g/mol. The molecule has 17 heavy (non-hydrogen) atoms. The van der Waals surface area contributed by atoms with E-state index >= 15 is 0 Å². The second-order valence-corrected chi connectivity index (χ2v) is 4.79. The summed E-state index contributed by atoms with van der Waals surface area (Å²) in [4.78, 5) is 11.6. The first-order chi connectivity index (χ1) is 8.00. The molecule has 0 fully saturated rings. The minimum atomic E-state index is -0.102. The highest BCUT2D eigenvalue weighted by molar-refractivity contribution is 5.74. The number of aryl methyl sites for hydroxylation is 1. The molecule has 2 amide bonds. The molecule has 1 rings (SSSR count). The van der Waals surface area contributed by atoms with Gasteiger partial charge in [-0.05, 0) is 30.9 Å². The smallest absolute Gasteiger partial charge is 0.315 e. The van der Waals surface area contributed by atoms with Crippen LogP contribution in [0, 0.1) is 12.8 Å². The summed E-state index contributed by atoms with van der Waals surface area (Å²) in [6.45, 7) is 8.81. The molecule has 0 spiro atoms. The van der Waals surface area contributed by atoms with E-state index in [1.807, 2.05) is 38.1 Å². The van der Waals surface area contributed by atoms with Gasteiger partial charge in [0, 0.05) is 12.6 Å². The lowest BCUT2D eigenvalue weighted by molar-refractivity contribution is 0.234. The molecule has 0 aromatic heterocycles. The summed E-state index contributed by atoms with van der Waals surface area (Å²) >= 11 is 0. The third-order valence-electron chi connectivity index (χ3n) is 3.06. The van der Waals surface area contributed by atoms with Crippen molar-refractivity contribution in [3.05, 3.63) is 35.4 Å². The van der Waals surface area contributed by atoms with Gasteiger partial charge >= 0.3 is 6.03 Å². The topological polar surface area (TPSA) is 41.1 Å². The Balaban J connectivity index is 2.41. The number of hydrogen-bond donors (Lipinski definition) is 2. The number of benzene rings is 1. The van der Waals surface area contributed by atoms with Gasteiger partial charge in [0.2, 0.25) is 0 Å². The number of nitrogens with one attached hydrogen (secondary N) is 2. The van der Waals surface area contributed by atoms with Gasteiger partial charge in [-0.3, -0.25) is 0 Å². The van der Waals surface area contributed by atoms with Gasteiger partial charge in [0.25, 0.3) is 0 Å². The molecule has 0 saturated carbocycles. The highest BCUT2D eigenvalue weighted by Crippen LogP contribution is 2.06. The van der Waals surface area contributed by atoms with E-state index in [1.54, 1.807) is 0 Å². The van der Waals surface area contributed by atoms with Crippen molar-refractivity contribution >= 4 is 6.03 Å². The van der Waals surface area contributed by atoms with E-state index in [-0.39, 0.29) is 12.1 Å². The maximum absolute atomic E-state index is 11.6. The van der Waals surface area contributed by atoms with Crippen LogP contribution in [-0.2, 0) is 6.54 Å². The summed E-state index contributed by atoms with van der Waals surface area (Å²) in [5.74, 6) is 0.444. The van der Waals surface area contributed by atoms with Crippen LogP contribution < -0.4 is 10.6 Å². The lowest BCUT2D eigenvalue weighted by atomic mass is 10.1. The molecule has 0 saturated heterocycles. The van der Waals surface area contributed by atoms with Gasteiger partial charge in [-0.25, -0.2) is 4.79 Å². The maximum atomic E-state index is 11.6. The average Bonchev–Trinajstić information content (AvgIpc) is 2.27. The van der Waals surface area contributed by atoms with E-state index in [9.17, 15) is 4.79 Å². The van der Waals surface area contributed by atoms with Gasteiger partial charge in [-0.1, -0.05) is 38.1 Å². The SMILES string of the molecule is Cc1ccccc1CNC(=O)NC(C)C(C)C. The molecular formula is C14H22N2O. The van der Waals surface area contributed by atoms with E-state index < -0.39 is 0 Å². The van der Waals surface area contributed by atoms with Gasteiger partial charge in [0.1, 0.15) is 0 Å². The third-order valence-corrected chi connectivity index (χ3v) is 3.06. The Morgan fingerprint density at radius 2 is 1.88 bits per heavy atom. The predicted molar refractivity (Wildman–Crippen MR) is 70.9 cm³/mol. The van der Waals surface area contributed by atoms with Crippen LogP contribution in [0.2, 0.25) is 0 Å². The number of carbonyl (C=O) groups is 1. The Morgan fingerprint density at radius 3 is 2.47 bits per heavy atom. The largest absolute Gasteiger partial charge is 0.335 e. The van der Waals surface area contributed by atoms with Gasteiger partial charge < -0.3 is 10.6 Å². The zero-order chi connectivity index (χ0) is 12.8. The van der Waals surface area contributed by atoms with Crippen LogP contribution in [0.4, 0.5) is 4.79 Å². The second-order valence-electron chi connectivity index (χ2n) is 4.79. The number of amides is 2. The summed E-state index contributed by atoms with van der Waals surface area (Å²) < 4.78 is 0. The zero-order valence-electron chi connectivity index (χ0n) is 11.1. The Kier molecular flexibility index (Phi) is 5.01. The van der Waals surface area contributed by atoms with E-state index in [4.69, 9.17) is 0 Å². The van der Waals surface area contributed by atoms with Gasteiger partial charge in [-0.2, -0.15) is 0 Å². The first kappa shape index (κ1) is 13.6. The first-order valence-electron chi connectivity index (χ1n) is 6.09. The maximum Gasteiger partial charge on any atom is 0.315 e. The lowest BCUT2D eigenvalue weighted by Gasteiger charge is -2.18. The summed E-state index contributed by atoms with van der Waals surface area (Å²) in [6.07, 6.45) is 0. The molecule has 3 heteroatoms. The summed E-state index contributed by atoms with van der Waals surface area (Å²) in [7, 11) is 0. The fraction of sp³-hybridized carbons (Fsp3) is 0.500. The van der Waals surface area contributed by atoms with Crippen LogP contribution in [-0.4, -0.2) is 12.1 Å². The van der Waals surface area contributed by atoms with E-state index in [0.717, 1.165) is 5.56 Å². The van der Waals surface area contributed by atoms with Crippen LogP contribution in [0.5, 0.6) is 0 Å². The summed E-state index contributed by atoms with van der Waals surface area (Å²) in [6, 6.07) is 8.15. The quantitative estimate of drug-likeness (QED) is 0.826. The van der Waals surface area contributed by atoms with Gasteiger partial charge in [-0.15, -0.1) is 0 Å². The molecule has 2 N–H and O–H groups in total. The van der Waals surface area contributed by atoms with Crippen molar-refractivity contribution in [1.29, 1.82) is 0 Å². The molecule has 0 aliphatic carbocycles.